The number of alkyl halides is 1. The van der Waals surface area contributed by atoms with Gasteiger partial charge in [-0.2, -0.15) is 5.10 Å². The lowest BCUT2D eigenvalue weighted by molar-refractivity contribution is -0.128. The Bertz CT molecular complexity index is 560. The lowest BCUT2D eigenvalue weighted by Crippen LogP contribution is -2.32. The summed E-state index contributed by atoms with van der Waals surface area (Å²) in [5.74, 6) is 1.17. The Morgan fingerprint density at radius 1 is 1.41 bits per heavy atom. The Morgan fingerprint density at radius 3 is 2.91 bits per heavy atom. The van der Waals surface area contributed by atoms with E-state index in [2.05, 4.69) is 12.0 Å². The van der Waals surface area contributed by atoms with E-state index in [9.17, 15) is 4.79 Å². The van der Waals surface area contributed by atoms with Crippen molar-refractivity contribution in [3.05, 3.63) is 23.8 Å². The molecular formula is C16H21ClN2O3. The normalized spacial score (nSPS) is 14.5. The molecule has 0 saturated carbocycles. The number of hydrogen-bond donors (Lipinski definition) is 0. The minimum atomic E-state index is -0.171. The highest BCUT2D eigenvalue weighted by Crippen LogP contribution is 2.29. The molecule has 1 heterocycles. The molecule has 0 N–H and O–H groups in total. The molecule has 1 aliphatic rings. The largest absolute Gasteiger partial charge is 0.493 e. The SMILES string of the molecule is CCCOc1cc(C2=NN(C(=O)CCl)CCC2)ccc1OC. The van der Waals surface area contributed by atoms with Crippen molar-refractivity contribution in [3.8, 4) is 11.5 Å². The number of halogens is 1. The summed E-state index contributed by atoms with van der Waals surface area (Å²) in [6.45, 7) is 3.30. The van der Waals surface area contributed by atoms with Gasteiger partial charge in [0.2, 0.25) is 0 Å². The van der Waals surface area contributed by atoms with Crippen LogP contribution in [0.1, 0.15) is 31.7 Å². The Hall–Kier alpha value is -1.75. The van der Waals surface area contributed by atoms with E-state index >= 15 is 0 Å². The van der Waals surface area contributed by atoms with Crippen LogP contribution in [0, 0.1) is 0 Å². The molecule has 0 radical (unpaired) electrons. The van der Waals surface area contributed by atoms with Crippen LogP contribution in [-0.2, 0) is 4.79 Å². The van der Waals surface area contributed by atoms with Crippen molar-refractivity contribution < 1.29 is 14.3 Å². The van der Waals surface area contributed by atoms with Crippen LogP contribution in [0.25, 0.3) is 0 Å². The van der Waals surface area contributed by atoms with E-state index in [1.165, 1.54) is 5.01 Å². The Labute approximate surface area is 135 Å². The van der Waals surface area contributed by atoms with Crippen LogP contribution in [0.15, 0.2) is 23.3 Å². The molecule has 0 saturated heterocycles. The minimum Gasteiger partial charge on any atom is -0.493 e. The molecule has 1 aromatic carbocycles. The zero-order valence-corrected chi connectivity index (χ0v) is 13.7. The predicted octanol–water partition coefficient (Wildman–Crippen LogP) is 3.05. The molecule has 0 atom stereocenters. The van der Waals surface area contributed by atoms with E-state index in [1.54, 1.807) is 7.11 Å². The Kier molecular flexibility index (Phi) is 6.07. The van der Waals surface area contributed by atoms with Crippen molar-refractivity contribution >= 4 is 23.2 Å². The van der Waals surface area contributed by atoms with Gasteiger partial charge in [0.15, 0.2) is 11.5 Å². The molecule has 0 bridgehead atoms. The van der Waals surface area contributed by atoms with Crippen molar-refractivity contribution in [1.82, 2.24) is 5.01 Å². The Balaban J connectivity index is 2.27. The average Bonchev–Trinajstić information content (AvgIpc) is 2.59. The van der Waals surface area contributed by atoms with Crippen LogP contribution in [0.2, 0.25) is 0 Å². The van der Waals surface area contributed by atoms with Crippen molar-refractivity contribution in [1.29, 1.82) is 0 Å². The van der Waals surface area contributed by atoms with Crippen LogP contribution >= 0.6 is 11.6 Å². The van der Waals surface area contributed by atoms with Gasteiger partial charge in [-0.1, -0.05) is 6.92 Å². The molecule has 6 heteroatoms. The fraction of sp³-hybridized carbons (Fsp3) is 0.500. The number of carbonyl (C=O) groups is 1. The molecule has 1 aliphatic heterocycles. The summed E-state index contributed by atoms with van der Waals surface area (Å²) in [5, 5.41) is 5.87. The second-order valence-electron chi connectivity index (χ2n) is 5.01. The van der Waals surface area contributed by atoms with E-state index in [1.807, 2.05) is 18.2 Å². The van der Waals surface area contributed by atoms with Crippen molar-refractivity contribution in [3.63, 3.8) is 0 Å². The zero-order chi connectivity index (χ0) is 15.9. The molecule has 22 heavy (non-hydrogen) atoms. The maximum Gasteiger partial charge on any atom is 0.257 e. The van der Waals surface area contributed by atoms with E-state index in [0.717, 1.165) is 30.5 Å². The molecule has 2 rings (SSSR count). The van der Waals surface area contributed by atoms with Crippen LogP contribution < -0.4 is 9.47 Å². The Morgan fingerprint density at radius 2 is 2.23 bits per heavy atom. The summed E-state index contributed by atoms with van der Waals surface area (Å²) in [7, 11) is 1.62. The fourth-order valence-electron chi connectivity index (χ4n) is 2.27. The predicted molar refractivity (Wildman–Crippen MR) is 87.0 cm³/mol. The molecule has 0 unspecified atom stereocenters. The van der Waals surface area contributed by atoms with Gasteiger partial charge in [0.25, 0.3) is 5.91 Å². The van der Waals surface area contributed by atoms with E-state index in [-0.39, 0.29) is 11.8 Å². The second kappa shape index (κ2) is 8.03. The van der Waals surface area contributed by atoms with Gasteiger partial charge in [-0.05, 0) is 37.5 Å². The molecular weight excluding hydrogens is 304 g/mol. The highest BCUT2D eigenvalue weighted by molar-refractivity contribution is 6.27. The van der Waals surface area contributed by atoms with Gasteiger partial charge in [-0.25, -0.2) is 5.01 Å². The van der Waals surface area contributed by atoms with Crippen molar-refractivity contribution in [2.75, 3.05) is 26.1 Å². The van der Waals surface area contributed by atoms with Crippen LogP contribution in [0.4, 0.5) is 0 Å². The van der Waals surface area contributed by atoms with Gasteiger partial charge in [0.05, 0.1) is 19.4 Å². The summed E-state index contributed by atoms with van der Waals surface area (Å²) in [6.07, 6.45) is 2.62. The smallest absolute Gasteiger partial charge is 0.257 e. The van der Waals surface area contributed by atoms with Gasteiger partial charge in [-0.3, -0.25) is 4.79 Å². The molecule has 0 spiro atoms. The van der Waals surface area contributed by atoms with Gasteiger partial charge in [0, 0.05) is 12.1 Å². The number of hydrazone groups is 1. The second-order valence-corrected chi connectivity index (χ2v) is 5.28. The summed E-state index contributed by atoms with van der Waals surface area (Å²) in [5.41, 5.74) is 1.81. The maximum atomic E-state index is 11.7. The van der Waals surface area contributed by atoms with Crippen LogP contribution in [-0.4, -0.2) is 42.8 Å². The quantitative estimate of drug-likeness (QED) is 0.756. The van der Waals surface area contributed by atoms with Crippen molar-refractivity contribution in [2.45, 2.75) is 26.2 Å². The topological polar surface area (TPSA) is 51.1 Å². The van der Waals surface area contributed by atoms with Crippen LogP contribution in [0.3, 0.4) is 0 Å². The molecule has 0 aliphatic carbocycles. The van der Waals surface area contributed by atoms with E-state index in [0.29, 0.717) is 24.7 Å². The molecule has 120 valence electrons. The zero-order valence-electron chi connectivity index (χ0n) is 13.0. The molecule has 5 nitrogen and oxygen atoms in total. The first-order valence-corrected chi connectivity index (χ1v) is 7.98. The lowest BCUT2D eigenvalue weighted by atomic mass is 10.0. The molecule has 0 aromatic heterocycles. The third-order valence-corrected chi connectivity index (χ3v) is 3.61. The van der Waals surface area contributed by atoms with Crippen LogP contribution in [0.5, 0.6) is 11.5 Å². The molecule has 1 aromatic rings. The van der Waals surface area contributed by atoms with Gasteiger partial charge >= 0.3 is 0 Å². The first-order chi connectivity index (χ1) is 10.7. The number of benzene rings is 1. The lowest BCUT2D eigenvalue weighted by Gasteiger charge is -2.23. The molecule has 1 amide bonds. The third kappa shape index (κ3) is 3.91. The number of carbonyl (C=O) groups excluding carboxylic acids is 1. The average molecular weight is 325 g/mol. The summed E-state index contributed by atoms with van der Waals surface area (Å²) in [6, 6.07) is 5.72. The number of ether oxygens (including phenoxy) is 2. The van der Waals surface area contributed by atoms with Gasteiger partial charge in [0.1, 0.15) is 5.88 Å². The monoisotopic (exact) mass is 324 g/mol. The number of amides is 1. The molecule has 0 fully saturated rings. The summed E-state index contributed by atoms with van der Waals surface area (Å²) >= 11 is 5.60. The minimum absolute atomic E-state index is 0.0513. The number of rotatable bonds is 6. The number of nitrogens with zero attached hydrogens (tertiary/aromatic N) is 2. The van der Waals surface area contributed by atoms with E-state index in [4.69, 9.17) is 21.1 Å². The first kappa shape index (κ1) is 16.6. The summed E-state index contributed by atoms with van der Waals surface area (Å²) in [4.78, 5) is 11.7. The maximum absolute atomic E-state index is 11.7. The number of hydrogen-bond acceptors (Lipinski definition) is 4. The number of methoxy groups -OCH3 is 1. The van der Waals surface area contributed by atoms with Gasteiger partial charge < -0.3 is 9.47 Å². The highest BCUT2D eigenvalue weighted by atomic mass is 35.5. The van der Waals surface area contributed by atoms with Crippen molar-refractivity contribution in [2.24, 2.45) is 5.10 Å². The fourth-order valence-corrected chi connectivity index (χ4v) is 2.41. The summed E-state index contributed by atoms with van der Waals surface area (Å²) < 4.78 is 11.0. The first-order valence-electron chi connectivity index (χ1n) is 7.44. The van der Waals surface area contributed by atoms with E-state index < -0.39 is 0 Å². The highest BCUT2D eigenvalue weighted by Gasteiger charge is 2.19. The third-order valence-electron chi connectivity index (χ3n) is 3.39. The standard InChI is InChI=1S/C16H21ClN2O3/c1-3-9-22-15-10-12(6-7-14(15)21-2)13-5-4-8-19(18-13)16(20)11-17/h6-7,10H,3-5,8-9,11H2,1-2H3. The van der Waals surface area contributed by atoms with Gasteiger partial charge in [-0.15, -0.1) is 11.6 Å².